The van der Waals surface area contributed by atoms with Gasteiger partial charge in [-0.25, -0.2) is 14.2 Å². The van der Waals surface area contributed by atoms with Gasteiger partial charge in [0.05, 0.1) is 22.5 Å². The van der Waals surface area contributed by atoms with Gasteiger partial charge in [-0.3, -0.25) is 9.78 Å². The van der Waals surface area contributed by atoms with E-state index in [1.807, 2.05) is 38.2 Å². The number of nitrogens with zero attached hydrogens (tertiary/aromatic N) is 4. The first-order chi connectivity index (χ1) is 18.4. The number of pyridine rings is 2. The molecule has 206 valence electrons. The van der Waals surface area contributed by atoms with E-state index in [-0.39, 0.29) is 11.6 Å². The van der Waals surface area contributed by atoms with Gasteiger partial charge >= 0.3 is 12.1 Å². The number of hydrogen-bond acceptors (Lipinski definition) is 6. The maximum Gasteiger partial charge on any atom is 0.490 e. The number of hydrogen-bond donors (Lipinski definition) is 3. The lowest BCUT2D eigenvalue weighted by molar-refractivity contribution is -0.192. The molecule has 0 radical (unpaired) electrons. The number of benzene rings is 1. The van der Waals surface area contributed by atoms with Crippen LogP contribution in [0.3, 0.4) is 0 Å². The zero-order chi connectivity index (χ0) is 28.5. The van der Waals surface area contributed by atoms with Gasteiger partial charge in [-0.1, -0.05) is 0 Å². The molecule has 3 aromatic heterocycles. The van der Waals surface area contributed by atoms with Crippen LogP contribution in [0.2, 0.25) is 0 Å². The SMILES string of the molecule is CNC1CCN(c2ccc(C(=O)Nc3cc(F)c4nc(C)cn4c3)c3nc(C)ccc23)C1.O=C(O)C(F)(F)F. The van der Waals surface area contributed by atoms with Crippen LogP contribution >= 0.6 is 0 Å². The molecule has 0 bridgehead atoms. The van der Waals surface area contributed by atoms with Crippen molar-refractivity contribution in [3.05, 3.63) is 65.5 Å². The average Bonchev–Trinajstić information content (AvgIpc) is 3.49. The van der Waals surface area contributed by atoms with Gasteiger partial charge in [-0.15, -0.1) is 0 Å². The zero-order valence-corrected chi connectivity index (χ0v) is 21.3. The number of aromatic nitrogens is 3. The molecule has 1 atom stereocenters. The maximum atomic E-state index is 14.4. The van der Waals surface area contributed by atoms with Crippen LogP contribution in [-0.2, 0) is 4.79 Å². The predicted molar refractivity (Wildman–Crippen MR) is 138 cm³/mol. The molecular formula is C26H26F4N6O3. The molecule has 5 rings (SSSR count). The van der Waals surface area contributed by atoms with E-state index in [2.05, 4.69) is 25.5 Å². The number of carbonyl (C=O) groups is 2. The molecule has 1 amide bonds. The van der Waals surface area contributed by atoms with E-state index >= 15 is 0 Å². The number of aliphatic carboxylic acids is 1. The Kier molecular flexibility index (Phi) is 7.72. The third-order valence-corrected chi connectivity index (χ3v) is 6.28. The molecule has 1 aliphatic rings. The Labute approximate surface area is 220 Å². The quantitative estimate of drug-likeness (QED) is 0.327. The number of alkyl halides is 3. The number of fused-ring (bicyclic) bond motifs is 2. The van der Waals surface area contributed by atoms with Crippen LogP contribution in [0.1, 0.15) is 28.2 Å². The van der Waals surface area contributed by atoms with Crippen molar-refractivity contribution >= 4 is 39.8 Å². The molecule has 39 heavy (non-hydrogen) atoms. The Hall–Kier alpha value is -4.26. The van der Waals surface area contributed by atoms with Crippen molar-refractivity contribution in [1.29, 1.82) is 0 Å². The number of aryl methyl sites for hydroxylation is 2. The molecule has 4 aromatic rings. The molecule has 0 aliphatic carbocycles. The van der Waals surface area contributed by atoms with Gasteiger partial charge in [0.25, 0.3) is 5.91 Å². The summed E-state index contributed by atoms with van der Waals surface area (Å²) in [5.74, 6) is -3.57. The highest BCUT2D eigenvalue weighted by Gasteiger charge is 2.38. The number of amides is 1. The second-order valence-corrected chi connectivity index (χ2v) is 9.15. The van der Waals surface area contributed by atoms with E-state index in [0.29, 0.717) is 28.5 Å². The molecule has 0 saturated carbocycles. The first kappa shape index (κ1) is 27.8. The fourth-order valence-electron chi connectivity index (χ4n) is 4.42. The third-order valence-electron chi connectivity index (χ3n) is 6.28. The van der Waals surface area contributed by atoms with E-state index < -0.39 is 18.0 Å². The Balaban J connectivity index is 0.000000448. The van der Waals surface area contributed by atoms with Crippen LogP contribution in [0, 0.1) is 19.7 Å². The van der Waals surface area contributed by atoms with E-state index in [4.69, 9.17) is 9.90 Å². The van der Waals surface area contributed by atoms with Gasteiger partial charge in [-0.05, 0) is 51.6 Å². The van der Waals surface area contributed by atoms with E-state index in [1.165, 1.54) is 6.07 Å². The maximum absolute atomic E-state index is 14.4. The van der Waals surface area contributed by atoms with Gasteiger partial charge < -0.3 is 25.0 Å². The topological polar surface area (TPSA) is 112 Å². The van der Waals surface area contributed by atoms with E-state index in [9.17, 15) is 22.4 Å². The Morgan fingerprint density at radius 2 is 1.79 bits per heavy atom. The number of carboxylic acid groups (broad SMARTS) is 1. The van der Waals surface area contributed by atoms with Crippen molar-refractivity contribution in [2.75, 3.05) is 30.4 Å². The smallest absolute Gasteiger partial charge is 0.475 e. The van der Waals surface area contributed by atoms with Crippen molar-refractivity contribution in [1.82, 2.24) is 19.7 Å². The Bertz CT molecular complexity index is 1550. The lowest BCUT2D eigenvalue weighted by Gasteiger charge is -2.21. The summed E-state index contributed by atoms with van der Waals surface area (Å²) in [4.78, 5) is 33.3. The Morgan fingerprint density at radius 1 is 1.08 bits per heavy atom. The van der Waals surface area contributed by atoms with Crippen molar-refractivity contribution in [2.24, 2.45) is 0 Å². The van der Waals surface area contributed by atoms with Gasteiger partial charge in [0.15, 0.2) is 11.5 Å². The van der Waals surface area contributed by atoms with Crippen LogP contribution < -0.4 is 15.5 Å². The normalized spacial score (nSPS) is 15.4. The fourth-order valence-corrected chi connectivity index (χ4v) is 4.42. The summed E-state index contributed by atoms with van der Waals surface area (Å²) >= 11 is 0. The summed E-state index contributed by atoms with van der Waals surface area (Å²) in [6.07, 6.45) is -0.632. The standard InChI is InChI=1S/C24H25FN6O.C2HF3O2/c1-14-4-5-18-21(30-9-8-16(12-30)26-3)7-6-19(22(18)27-14)24(32)29-17-10-20(25)23-28-15(2)11-31(23)13-17;3-2(4,5)1(6)7/h4-7,10-11,13,16,26H,8-9,12H2,1-3H3,(H,29,32);(H,6,7). The summed E-state index contributed by atoms with van der Waals surface area (Å²) in [6, 6.07) is 9.51. The molecule has 13 heteroatoms. The number of carbonyl (C=O) groups excluding carboxylic acids is 1. The number of nitrogens with one attached hydrogen (secondary N) is 2. The molecule has 1 aliphatic heterocycles. The van der Waals surface area contributed by atoms with Gasteiger partial charge in [0.2, 0.25) is 0 Å². The molecule has 1 unspecified atom stereocenters. The molecule has 1 fully saturated rings. The lowest BCUT2D eigenvalue weighted by atomic mass is 10.1. The number of rotatable bonds is 4. The van der Waals surface area contributed by atoms with Gasteiger partial charge in [0, 0.05) is 54.4 Å². The van der Waals surface area contributed by atoms with Gasteiger partial charge in [0.1, 0.15) is 0 Å². The number of likely N-dealkylation sites (N-methyl/N-ethyl adjacent to an activating group) is 1. The number of carboxylic acids is 1. The first-order valence-electron chi connectivity index (χ1n) is 12.0. The van der Waals surface area contributed by atoms with Gasteiger partial charge in [-0.2, -0.15) is 13.2 Å². The number of imidazole rings is 1. The van der Waals surface area contributed by atoms with Crippen LogP contribution in [-0.4, -0.2) is 63.7 Å². The largest absolute Gasteiger partial charge is 0.490 e. The summed E-state index contributed by atoms with van der Waals surface area (Å²) in [5.41, 5.74) is 4.31. The fraction of sp³-hybridized carbons (Fsp3) is 0.308. The Morgan fingerprint density at radius 3 is 2.44 bits per heavy atom. The average molecular weight is 547 g/mol. The molecule has 1 saturated heterocycles. The molecule has 9 nitrogen and oxygen atoms in total. The molecular weight excluding hydrogens is 520 g/mol. The highest BCUT2D eigenvalue weighted by Crippen LogP contribution is 2.31. The van der Waals surface area contributed by atoms with Crippen LogP contribution in [0.25, 0.3) is 16.6 Å². The minimum Gasteiger partial charge on any atom is -0.475 e. The lowest BCUT2D eigenvalue weighted by Crippen LogP contribution is -2.29. The summed E-state index contributed by atoms with van der Waals surface area (Å²) < 4.78 is 47.8. The van der Waals surface area contributed by atoms with E-state index in [0.717, 1.165) is 36.3 Å². The number of halogens is 4. The zero-order valence-electron chi connectivity index (χ0n) is 21.3. The van der Waals surface area contributed by atoms with Crippen molar-refractivity contribution in [2.45, 2.75) is 32.5 Å². The first-order valence-corrected chi connectivity index (χ1v) is 12.0. The second kappa shape index (κ2) is 10.8. The monoisotopic (exact) mass is 546 g/mol. The highest BCUT2D eigenvalue weighted by atomic mass is 19.4. The third kappa shape index (κ3) is 6.08. The minimum absolute atomic E-state index is 0.234. The predicted octanol–water partition coefficient (Wildman–Crippen LogP) is 4.32. The van der Waals surface area contributed by atoms with Crippen LogP contribution in [0.4, 0.5) is 28.9 Å². The summed E-state index contributed by atoms with van der Waals surface area (Å²) in [6.45, 7) is 5.56. The van der Waals surface area contributed by atoms with Crippen LogP contribution in [0.5, 0.6) is 0 Å². The van der Waals surface area contributed by atoms with E-state index in [1.54, 1.807) is 23.7 Å². The second-order valence-electron chi connectivity index (χ2n) is 9.15. The summed E-state index contributed by atoms with van der Waals surface area (Å²) in [5, 5.41) is 14.2. The van der Waals surface area contributed by atoms with Crippen molar-refractivity contribution in [3.8, 4) is 0 Å². The number of anilines is 2. The molecule has 3 N–H and O–H groups in total. The van der Waals surface area contributed by atoms with Crippen molar-refractivity contribution < 1.29 is 32.3 Å². The molecule has 4 heterocycles. The molecule has 1 aromatic carbocycles. The van der Waals surface area contributed by atoms with Crippen LogP contribution in [0.15, 0.2) is 42.7 Å². The highest BCUT2D eigenvalue weighted by molar-refractivity contribution is 6.14. The van der Waals surface area contributed by atoms with Crippen molar-refractivity contribution in [3.63, 3.8) is 0 Å². The summed E-state index contributed by atoms with van der Waals surface area (Å²) in [7, 11) is 1.98. The molecule has 0 spiro atoms. The minimum atomic E-state index is -5.08.